The Morgan fingerprint density at radius 3 is 2.59 bits per heavy atom. The van der Waals surface area contributed by atoms with Gasteiger partial charge in [-0.3, -0.25) is 24.3 Å². The van der Waals surface area contributed by atoms with Crippen LogP contribution in [0.3, 0.4) is 0 Å². The van der Waals surface area contributed by atoms with Gasteiger partial charge in [0.05, 0.1) is 16.9 Å². The summed E-state index contributed by atoms with van der Waals surface area (Å²) in [7, 11) is 0. The number of rotatable bonds is 5. The van der Waals surface area contributed by atoms with Crippen molar-refractivity contribution in [3.8, 4) is 5.69 Å². The Labute approximate surface area is 170 Å². The van der Waals surface area contributed by atoms with Crippen LogP contribution in [0.5, 0.6) is 0 Å². The zero-order chi connectivity index (χ0) is 21.0. The van der Waals surface area contributed by atoms with Gasteiger partial charge in [0, 0.05) is 29.3 Å². The zero-order valence-electron chi connectivity index (χ0n) is 15.4. The van der Waals surface area contributed by atoms with Crippen LogP contribution in [-0.2, 0) is 0 Å². The molecule has 0 aliphatic heterocycles. The van der Waals surface area contributed by atoms with Crippen molar-refractivity contribution < 1.29 is 9.59 Å². The number of aromatic amines is 1. The van der Waals surface area contributed by atoms with Gasteiger partial charge >= 0.3 is 0 Å². The summed E-state index contributed by atoms with van der Waals surface area (Å²) in [6, 6.07) is 13.0. The van der Waals surface area contributed by atoms with Gasteiger partial charge in [-0.15, -0.1) is 0 Å². The van der Waals surface area contributed by atoms with E-state index in [-0.39, 0.29) is 17.0 Å². The quantitative estimate of drug-likeness (QED) is 0.596. The highest BCUT2D eigenvalue weighted by Crippen LogP contribution is 2.22. The first-order valence-corrected chi connectivity index (χ1v) is 9.09. The van der Waals surface area contributed by atoms with Crippen molar-refractivity contribution in [2.75, 3.05) is 11.9 Å². The number of halogens is 1. The number of hydrogen-bond acceptors (Lipinski definition) is 4. The summed E-state index contributed by atoms with van der Waals surface area (Å²) in [6.45, 7) is 2.20. The number of nitrogens with zero attached hydrogens (tertiary/aromatic N) is 1. The van der Waals surface area contributed by atoms with Crippen LogP contribution in [0.4, 0.5) is 5.69 Å². The first kappa shape index (κ1) is 20.1. The van der Waals surface area contributed by atoms with Crippen molar-refractivity contribution >= 4 is 29.1 Å². The molecule has 0 atom stereocenters. The summed E-state index contributed by atoms with van der Waals surface area (Å²) in [6.07, 6.45) is 0. The molecule has 0 aliphatic rings. The molecule has 0 radical (unpaired) electrons. The lowest BCUT2D eigenvalue weighted by Crippen LogP contribution is -2.27. The molecular weight excluding hydrogens is 396 g/mol. The minimum atomic E-state index is -0.494. The number of carbonyl (C=O) groups excluding carboxylic acids is 2. The molecule has 3 N–H and O–H groups in total. The van der Waals surface area contributed by atoms with Crippen LogP contribution in [0.2, 0.25) is 5.02 Å². The lowest BCUT2D eigenvalue weighted by molar-refractivity contribution is 0.0956. The van der Waals surface area contributed by atoms with Crippen LogP contribution >= 0.6 is 11.6 Å². The summed E-state index contributed by atoms with van der Waals surface area (Å²) in [4.78, 5) is 48.5. The Bertz CT molecular complexity index is 1200. The highest BCUT2D eigenvalue weighted by atomic mass is 35.5. The van der Waals surface area contributed by atoms with Gasteiger partial charge in [-0.2, -0.15) is 0 Å². The van der Waals surface area contributed by atoms with Crippen LogP contribution in [0.25, 0.3) is 5.69 Å². The Balaban J connectivity index is 1.93. The second-order valence-corrected chi connectivity index (χ2v) is 6.47. The number of H-pyrrole nitrogens is 1. The first-order chi connectivity index (χ1) is 13.9. The Morgan fingerprint density at radius 1 is 1.03 bits per heavy atom. The van der Waals surface area contributed by atoms with Crippen molar-refractivity contribution in [2.24, 2.45) is 0 Å². The van der Waals surface area contributed by atoms with Crippen molar-refractivity contribution in [2.45, 2.75) is 6.92 Å². The van der Waals surface area contributed by atoms with E-state index in [4.69, 9.17) is 11.6 Å². The lowest BCUT2D eigenvalue weighted by Gasteiger charge is -2.12. The summed E-state index contributed by atoms with van der Waals surface area (Å²) in [5, 5.41) is 8.11. The Morgan fingerprint density at radius 2 is 1.83 bits per heavy atom. The first-order valence-electron chi connectivity index (χ1n) is 8.71. The molecule has 0 bridgehead atoms. The molecule has 2 amide bonds. The van der Waals surface area contributed by atoms with Crippen molar-refractivity contribution in [1.29, 1.82) is 0 Å². The predicted molar refractivity (Wildman–Crippen MR) is 110 cm³/mol. The van der Waals surface area contributed by atoms with E-state index < -0.39 is 17.0 Å². The van der Waals surface area contributed by atoms with E-state index in [9.17, 15) is 19.2 Å². The molecule has 148 valence electrons. The van der Waals surface area contributed by atoms with Crippen molar-refractivity contribution in [3.05, 3.63) is 91.5 Å². The van der Waals surface area contributed by atoms with E-state index in [2.05, 4.69) is 15.7 Å². The fourth-order valence-electron chi connectivity index (χ4n) is 2.67. The molecular formula is C20H17ClN4O4. The average molecular weight is 413 g/mol. The van der Waals surface area contributed by atoms with E-state index in [1.165, 1.54) is 18.2 Å². The highest BCUT2D eigenvalue weighted by Gasteiger charge is 2.15. The van der Waals surface area contributed by atoms with Gasteiger partial charge in [0.15, 0.2) is 0 Å². The van der Waals surface area contributed by atoms with Crippen molar-refractivity contribution in [1.82, 2.24) is 15.1 Å². The van der Waals surface area contributed by atoms with Gasteiger partial charge in [-0.05, 0) is 43.3 Å². The highest BCUT2D eigenvalue weighted by molar-refractivity contribution is 6.31. The van der Waals surface area contributed by atoms with Crippen molar-refractivity contribution in [3.63, 3.8) is 0 Å². The van der Waals surface area contributed by atoms with E-state index in [1.54, 1.807) is 31.2 Å². The van der Waals surface area contributed by atoms with Gasteiger partial charge < -0.3 is 10.6 Å². The third kappa shape index (κ3) is 4.61. The lowest BCUT2D eigenvalue weighted by atomic mass is 10.1. The van der Waals surface area contributed by atoms with Crippen LogP contribution in [0, 0.1) is 0 Å². The van der Waals surface area contributed by atoms with E-state index in [0.29, 0.717) is 22.9 Å². The summed E-state index contributed by atoms with van der Waals surface area (Å²) in [5.74, 6) is -0.862. The molecule has 8 nitrogen and oxygen atoms in total. The Hall–Kier alpha value is -3.65. The van der Waals surface area contributed by atoms with Gasteiger partial charge in [0.25, 0.3) is 22.9 Å². The molecule has 3 rings (SSSR count). The standard InChI is InChI=1S/C20H17ClN4O4/c1-2-22-20(29)15-11-13(21)6-7-16(15)23-19(28)12-4-3-5-14(10-12)25-18(27)9-8-17(26)24-25/h3-11H,2H2,1H3,(H,22,29)(H,23,28)(H,24,26). The smallest absolute Gasteiger partial charge is 0.269 e. The van der Waals surface area contributed by atoms with E-state index >= 15 is 0 Å². The number of nitrogens with one attached hydrogen (secondary N) is 3. The minimum Gasteiger partial charge on any atom is -0.352 e. The molecule has 9 heteroatoms. The summed E-state index contributed by atoms with van der Waals surface area (Å²) >= 11 is 5.98. The van der Waals surface area contributed by atoms with Crippen LogP contribution in [0.1, 0.15) is 27.6 Å². The number of carbonyl (C=O) groups is 2. The molecule has 1 aromatic heterocycles. The average Bonchev–Trinajstić information content (AvgIpc) is 2.71. The Kier molecular flexibility index (Phi) is 5.94. The predicted octanol–water partition coefficient (Wildman–Crippen LogP) is 2.18. The van der Waals surface area contributed by atoms with Crippen LogP contribution < -0.4 is 21.8 Å². The topological polar surface area (TPSA) is 113 Å². The van der Waals surface area contributed by atoms with Gasteiger partial charge in [0.1, 0.15) is 0 Å². The molecule has 0 fully saturated rings. The zero-order valence-corrected chi connectivity index (χ0v) is 16.1. The second-order valence-electron chi connectivity index (χ2n) is 6.04. The largest absolute Gasteiger partial charge is 0.352 e. The van der Waals surface area contributed by atoms with Gasteiger partial charge in [-0.25, -0.2) is 4.68 Å². The third-order valence-electron chi connectivity index (χ3n) is 4.00. The molecule has 0 aliphatic carbocycles. The molecule has 3 aromatic rings. The summed E-state index contributed by atoms with van der Waals surface area (Å²) < 4.78 is 1.04. The van der Waals surface area contributed by atoms with E-state index in [1.807, 2.05) is 0 Å². The molecule has 1 heterocycles. The summed E-state index contributed by atoms with van der Waals surface area (Å²) in [5.41, 5.74) is 0.176. The number of aromatic nitrogens is 2. The molecule has 0 saturated carbocycles. The normalized spacial score (nSPS) is 10.4. The molecule has 0 spiro atoms. The molecule has 0 saturated heterocycles. The maximum absolute atomic E-state index is 12.7. The van der Waals surface area contributed by atoms with Crippen LogP contribution in [-0.4, -0.2) is 28.1 Å². The maximum Gasteiger partial charge on any atom is 0.269 e. The van der Waals surface area contributed by atoms with E-state index in [0.717, 1.165) is 16.8 Å². The number of benzene rings is 2. The second kappa shape index (κ2) is 8.57. The fraction of sp³-hybridized carbons (Fsp3) is 0.100. The maximum atomic E-state index is 12.7. The molecule has 0 unspecified atom stereocenters. The van der Waals surface area contributed by atoms with Gasteiger partial charge in [0.2, 0.25) is 0 Å². The number of hydrogen-bond donors (Lipinski definition) is 3. The molecule has 2 aromatic carbocycles. The van der Waals surface area contributed by atoms with Gasteiger partial charge in [-0.1, -0.05) is 17.7 Å². The number of amides is 2. The fourth-order valence-corrected chi connectivity index (χ4v) is 2.84. The third-order valence-corrected chi connectivity index (χ3v) is 4.23. The monoisotopic (exact) mass is 412 g/mol. The molecule has 29 heavy (non-hydrogen) atoms. The number of anilines is 1. The minimum absolute atomic E-state index is 0.229. The SMILES string of the molecule is CCNC(=O)c1cc(Cl)ccc1NC(=O)c1cccc(-n2[nH]c(=O)ccc2=O)c1. The van der Waals surface area contributed by atoms with Crippen LogP contribution in [0.15, 0.2) is 64.2 Å².